The zero-order valence-electron chi connectivity index (χ0n) is 12.0. The number of hydrogen-bond donors (Lipinski definition) is 2. The number of anilines is 2. The van der Waals surface area contributed by atoms with Crippen LogP contribution >= 0.6 is 11.8 Å². The van der Waals surface area contributed by atoms with Crippen LogP contribution < -0.4 is 5.32 Å². The van der Waals surface area contributed by atoms with Gasteiger partial charge in [-0.1, -0.05) is 37.7 Å². The van der Waals surface area contributed by atoms with Crippen molar-refractivity contribution in [1.29, 1.82) is 0 Å². The van der Waals surface area contributed by atoms with E-state index in [9.17, 15) is 14.9 Å². The van der Waals surface area contributed by atoms with Crippen LogP contribution in [-0.2, 0) is 0 Å². The van der Waals surface area contributed by atoms with Crippen molar-refractivity contribution in [3.63, 3.8) is 0 Å². The number of nitro groups is 1. The first-order chi connectivity index (χ1) is 10.6. The van der Waals surface area contributed by atoms with Crippen LogP contribution in [0.5, 0.6) is 0 Å². The van der Waals surface area contributed by atoms with Gasteiger partial charge in [0.15, 0.2) is 0 Å². The largest absolute Gasteiger partial charge is 0.478 e. The SMILES string of the molecule is CC.O=C(O)c1cc2c(c([N+](=O)[O-])c1)Nc1ccccc1S2. The van der Waals surface area contributed by atoms with Crippen LogP contribution in [0.1, 0.15) is 24.2 Å². The number of nitrogens with one attached hydrogen (secondary N) is 1. The van der Waals surface area contributed by atoms with Crippen molar-refractivity contribution in [3.05, 3.63) is 52.1 Å². The van der Waals surface area contributed by atoms with Gasteiger partial charge in [0, 0.05) is 15.9 Å². The molecule has 7 heteroatoms. The third-order valence-electron chi connectivity index (χ3n) is 2.89. The molecule has 0 spiro atoms. The van der Waals surface area contributed by atoms with E-state index in [2.05, 4.69) is 5.32 Å². The molecule has 0 saturated heterocycles. The highest BCUT2D eigenvalue weighted by Gasteiger charge is 2.26. The van der Waals surface area contributed by atoms with Gasteiger partial charge in [-0.15, -0.1) is 0 Å². The molecule has 0 fully saturated rings. The number of nitro benzene ring substituents is 1. The smallest absolute Gasteiger partial charge is 0.335 e. The van der Waals surface area contributed by atoms with Gasteiger partial charge in [-0.25, -0.2) is 4.79 Å². The molecule has 0 atom stereocenters. The van der Waals surface area contributed by atoms with E-state index < -0.39 is 10.9 Å². The fourth-order valence-electron chi connectivity index (χ4n) is 1.99. The minimum Gasteiger partial charge on any atom is -0.478 e. The Bertz CT molecular complexity index is 746. The van der Waals surface area contributed by atoms with Crippen LogP contribution in [0.25, 0.3) is 0 Å². The topological polar surface area (TPSA) is 92.5 Å². The summed E-state index contributed by atoms with van der Waals surface area (Å²) >= 11 is 1.32. The number of hydrogen-bond acceptors (Lipinski definition) is 5. The fourth-order valence-corrected chi connectivity index (χ4v) is 3.04. The van der Waals surface area contributed by atoms with Crippen LogP contribution in [-0.4, -0.2) is 16.0 Å². The van der Waals surface area contributed by atoms with Crippen molar-refractivity contribution in [1.82, 2.24) is 0 Å². The van der Waals surface area contributed by atoms with Crippen molar-refractivity contribution < 1.29 is 14.8 Å². The first-order valence-electron chi connectivity index (χ1n) is 6.66. The number of para-hydroxylation sites is 1. The molecule has 0 saturated carbocycles. The second kappa shape index (κ2) is 6.48. The lowest BCUT2D eigenvalue weighted by molar-refractivity contribution is -0.384. The molecule has 2 aromatic carbocycles. The minimum absolute atomic E-state index is 0.0934. The first kappa shape index (κ1) is 15.8. The number of carboxylic acid groups (broad SMARTS) is 1. The van der Waals surface area contributed by atoms with E-state index in [0.717, 1.165) is 16.6 Å². The molecule has 0 aliphatic carbocycles. The Morgan fingerprint density at radius 3 is 2.55 bits per heavy atom. The maximum absolute atomic E-state index is 11.1. The van der Waals surface area contributed by atoms with E-state index in [1.165, 1.54) is 17.8 Å². The Hall–Kier alpha value is -2.54. The monoisotopic (exact) mass is 318 g/mol. The Kier molecular flexibility index (Phi) is 4.67. The molecule has 1 aliphatic heterocycles. The number of carboxylic acids is 1. The number of rotatable bonds is 2. The lowest BCUT2D eigenvalue weighted by Crippen LogP contribution is -2.06. The zero-order chi connectivity index (χ0) is 16.3. The van der Waals surface area contributed by atoms with Gasteiger partial charge in [-0.3, -0.25) is 10.1 Å². The van der Waals surface area contributed by atoms with Crippen LogP contribution in [0.15, 0.2) is 46.2 Å². The molecular weight excluding hydrogens is 304 g/mol. The zero-order valence-corrected chi connectivity index (χ0v) is 12.8. The van der Waals surface area contributed by atoms with Crippen molar-refractivity contribution >= 4 is 34.8 Å². The van der Waals surface area contributed by atoms with Crippen molar-refractivity contribution in [3.8, 4) is 0 Å². The van der Waals surface area contributed by atoms with Gasteiger partial charge < -0.3 is 10.4 Å². The number of benzene rings is 2. The summed E-state index contributed by atoms with van der Waals surface area (Å²) in [5.41, 5.74) is 0.783. The van der Waals surface area contributed by atoms with Gasteiger partial charge >= 0.3 is 5.97 Å². The third-order valence-corrected chi connectivity index (χ3v) is 4.01. The summed E-state index contributed by atoms with van der Waals surface area (Å²) in [4.78, 5) is 23.0. The molecule has 3 rings (SSSR count). The van der Waals surface area contributed by atoms with Gasteiger partial charge in [-0.2, -0.15) is 0 Å². The highest BCUT2D eigenvalue weighted by molar-refractivity contribution is 7.99. The fraction of sp³-hybridized carbons (Fsp3) is 0.133. The molecule has 0 amide bonds. The number of aromatic carboxylic acids is 1. The van der Waals surface area contributed by atoms with Crippen LogP contribution in [0.2, 0.25) is 0 Å². The first-order valence-corrected chi connectivity index (χ1v) is 7.47. The molecule has 0 aromatic heterocycles. The van der Waals surface area contributed by atoms with E-state index in [1.54, 1.807) is 0 Å². The van der Waals surface area contributed by atoms with Crippen molar-refractivity contribution in [2.24, 2.45) is 0 Å². The van der Waals surface area contributed by atoms with E-state index in [1.807, 2.05) is 38.1 Å². The summed E-state index contributed by atoms with van der Waals surface area (Å²) < 4.78 is 0. The average molecular weight is 318 g/mol. The van der Waals surface area contributed by atoms with E-state index in [0.29, 0.717) is 10.6 Å². The second-order valence-corrected chi connectivity index (χ2v) is 5.24. The average Bonchev–Trinajstić information content (AvgIpc) is 2.53. The summed E-state index contributed by atoms with van der Waals surface area (Å²) in [5.74, 6) is -1.18. The number of fused-ring (bicyclic) bond motifs is 2. The molecule has 2 N–H and O–H groups in total. The van der Waals surface area contributed by atoms with Gasteiger partial charge in [-0.05, 0) is 18.2 Å². The maximum atomic E-state index is 11.1. The molecule has 0 bridgehead atoms. The summed E-state index contributed by atoms with van der Waals surface area (Å²) in [5, 5.41) is 23.2. The van der Waals surface area contributed by atoms with Crippen LogP contribution in [0, 0.1) is 10.1 Å². The highest BCUT2D eigenvalue weighted by Crippen LogP contribution is 2.48. The van der Waals surface area contributed by atoms with E-state index in [4.69, 9.17) is 5.11 Å². The Morgan fingerprint density at radius 1 is 1.23 bits per heavy atom. The molecule has 22 heavy (non-hydrogen) atoms. The number of carbonyl (C=O) groups is 1. The summed E-state index contributed by atoms with van der Waals surface area (Å²) in [6, 6.07) is 9.89. The number of nitrogens with zero attached hydrogens (tertiary/aromatic N) is 1. The summed E-state index contributed by atoms with van der Waals surface area (Å²) in [6.45, 7) is 4.00. The Labute approximate surface area is 131 Å². The lowest BCUT2D eigenvalue weighted by atomic mass is 10.1. The Balaban J connectivity index is 0.000000847. The van der Waals surface area contributed by atoms with Crippen LogP contribution in [0.4, 0.5) is 17.1 Å². The normalized spacial score (nSPS) is 11.2. The predicted octanol–water partition coefficient (Wildman–Crippen LogP) is 4.53. The molecule has 6 nitrogen and oxygen atoms in total. The van der Waals surface area contributed by atoms with Gasteiger partial charge in [0.25, 0.3) is 5.69 Å². The molecule has 0 unspecified atom stereocenters. The molecule has 2 aromatic rings. The van der Waals surface area contributed by atoms with Gasteiger partial charge in [0.2, 0.25) is 0 Å². The molecule has 114 valence electrons. The van der Waals surface area contributed by atoms with Gasteiger partial charge in [0.1, 0.15) is 5.69 Å². The maximum Gasteiger partial charge on any atom is 0.335 e. The van der Waals surface area contributed by atoms with E-state index in [-0.39, 0.29) is 11.3 Å². The van der Waals surface area contributed by atoms with Crippen LogP contribution in [0.3, 0.4) is 0 Å². The predicted molar refractivity (Wildman–Crippen MR) is 85.3 cm³/mol. The molecule has 1 heterocycles. The highest BCUT2D eigenvalue weighted by atomic mass is 32.2. The van der Waals surface area contributed by atoms with Gasteiger partial charge in [0.05, 0.1) is 16.2 Å². The quantitative estimate of drug-likeness (QED) is 0.533. The van der Waals surface area contributed by atoms with E-state index >= 15 is 0 Å². The molecule has 1 aliphatic rings. The second-order valence-electron chi connectivity index (χ2n) is 4.15. The summed E-state index contributed by atoms with van der Waals surface area (Å²) in [7, 11) is 0. The van der Waals surface area contributed by atoms with Crippen molar-refractivity contribution in [2.45, 2.75) is 23.6 Å². The minimum atomic E-state index is -1.18. The standard InChI is InChI=1S/C13H8N2O4S.C2H6/c16-13(17)7-5-9(15(18)19)12-11(6-7)20-10-4-2-1-3-8(10)14-12;1-2/h1-6,14H,(H,16,17);1-2H3. The molecular formula is C15H14N2O4S. The third kappa shape index (κ3) is 2.89. The lowest BCUT2D eigenvalue weighted by Gasteiger charge is -2.20. The summed E-state index contributed by atoms with van der Waals surface area (Å²) in [6.07, 6.45) is 0. The Morgan fingerprint density at radius 2 is 1.91 bits per heavy atom. The van der Waals surface area contributed by atoms with Crippen molar-refractivity contribution in [2.75, 3.05) is 5.32 Å². The molecule has 0 radical (unpaired) electrons.